The molecule has 4 heteroatoms. The fourth-order valence-electron chi connectivity index (χ4n) is 1.13. The zero-order chi connectivity index (χ0) is 10.7. The van der Waals surface area contributed by atoms with Crippen molar-refractivity contribution in [2.75, 3.05) is 0 Å². The molecule has 0 saturated heterocycles. The van der Waals surface area contributed by atoms with Crippen molar-refractivity contribution in [2.24, 2.45) is 0 Å². The molecule has 15 heavy (non-hydrogen) atoms. The van der Waals surface area contributed by atoms with Crippen molar-refractivity contribution < 1.29 is 4.74 Å². The van der Waals surface area contributed by atoms with E-state index in [1.807, 2.05) is 35.7 Å². The van der Waals surface area contributed by atoms with Crippen LogP contribution in [0.2, 0.25) is 5.02 Å². The van der Waals surface area contributed by atoms with Crippen molar-refractivity contribution in [3.8, 4) is 5.75 Å². The Balaban J connectivity index is 2.02. The molecule has 2 rings (SSSR count). The van der Waals surface area contributed by atoms with Gasteiger partial charge in [-0.3, -0.25) is 0 Å². The molecule has 78 valence electrons. The van der Waals surface area contributed by atoms with Crippen LogP contribution in [-0.4, -0.2) is 0 Å². The first kappa shape index (κ1) is 11.2. The third-order valence-corrected chi connectivity index (χ3v) is 3.89. The van der Waals surface area contributed by atoms with Crippen LogP contribution in [0, 0.1) is 3.57 Å². The first-order valence-electron chi connectivity index (χ1n) is 4.36. The second-order valence-electron chi connectivity index (χ2n) is 2.94. The summed E-state index contributed by atoms with van der Waals surface area (Å²) in [6.45, 7) is 0.538. The smallest absolute Gasteiger partial charge is 0.124 e. The summed E-state index contributed by atoms with van der Waals surface area (Å²) in [7, 11) is 0. The minimum Gasteiger partial charge on any atom is -0.488 e. The molecule has 0 aliphatic rings. The first-order chi connectivity index (χ1) is 7.25. The van der Waals surface area contributed by atoms with Crippen LogP contribution in [0.15, 0.2) is 35.7 Å². The van der Waals surface area contributed by atoms with E-state index < -0.39 is 0 Å². The van der Waals surface area contributed by atoms with Crippen LogP contribution in [0.3, 0.4) is 0 Å². The molecule has 1 aromatic heterocycles. The van der Waals surface area contributed by atoms with Gasteiger partial charge < -0.3 is 4.74 Å². The molecule has 1 nitrogen and oxygen atoms in total. The molecular formula is C11H8ClIOS. The fourth-order valence-corrected chi connectivity index (χ4v) is 2.65. The van der Waals surface area contributed by atoms with Crippen LogP contribution in [0.4, 0.5) is 0 Å². The molecule has 0 aliphatic carbocycles. The van der Waals surface area contributed by atoms with Gasteiger partial charge in [-0.15, -0.1) is 11.3 Å². The van der Waals surface area contributed by atoms with Gasteiger partial charge in [0.15, 0.2) is 0 Å². The lowest BCUT2D eigenvalue weighted by Crippen LogP contribution is -1.93. The molecule has 0 unspecified atom stereocenters. The largest absolute Gasteiger partial charge is 0.488 e. The Hall–Kier alpha value is -0.260. The molecule has 0 amide bonds. The van der Waals surface area contributed by atoms with Crippen molar-refractivity contribution in [1.82, 2.24) is 0 Å². The van der Waals surface area contributed by atoms with Crippen LogP contribution < -0.4 is 4.74 Å². The van der Waals surface area contributed by atoms with Crippen LogP contribution >= 0.6 is 45.5 Å². The van der Waals surface area contributed by atoms with Crippen molar-refractivity contribution in [2.45, 2.75) is 6.61 Å². The number of rotatable bonds is 3. The lowest BCUT2D eigenvalue weighted by atomic mass is 10.3. The minimum absolute atomic E-state index is 0.538. The van der Waals surface area contributed by atoms with Gasteiger partial charge in [-0.2, -0.15) is 0 Å². The van der Waals surface area contributed by atoms with Crippen LogP contribution in [0.5, 0.6) is 5.75 Å². The highest BCUT2D eigenvalue weighted by Gasteiger charge is 2.02. The quantitative estimate of drug-likeness (QED) is 0.736. The van der Waals surface area contributed by atoms with Gasteiger partial charge in [-0.05, 0) is 52.2 Å². The molecule has 0 fully saturated rings. The summed E-state index contributed by atoms with van der Waals surface area (Å²) in [5.74, 6) is 0.881. The molecule has 0 aliphatic heterocycles. The molecule has 0 bridgehead atoms. The van der Waals surface area contributed by atoms with Gasteiger partial charge in [0.05, 0.1) is 9.90 Å². The predicted octanol–water partition coefficient (Wildman–Crippen LogP) is 4.59. The van der Waals surface area contributed by atoms with Crippen molar-refractivity contribution >= 4 is 45.5 Å². The van der Waals surface area contributed by atoms with E-state index in [9.17, 15) is 0 Å². The Morgan fingerprint density at radius 1 is 1.33 bits per heavy atom. The Morgan fingerprint density at radius 2 is 2.20 bits per heavy atom. The van der Waals surface area contributed by atoms with E-state index in [1.165, 1.54) is 3.57 Å². The van der Waals surface area contributed by atoms with Gasteiger partial charge in [0.25, 0.3) is 0 Å². The zero-order valence-corrected chi connectivity index (χ0v) is 11.5. The summed E-state index contributed by atoms with van der Waals surface area (Å²) in [5.41, 5.74) is 0. The van der Waals surface area contributed by atoms with Crippen LogP contribution in [-0.2, 0) is 6.61 Å². The highest BCUT2D eigenvalue weighted by Crippen LogP contribution is 2.24. The van der Waals surface area contributed by atoms with E-state index in [0.717, 1.165) is 15.6 Å². The van der Waals surface area contributed by atoms with Gasteiger partial charge in [0.2, 0.25) is 0 Å². The molecular weight excluding hydrogens is 343 g/mol. The lowest BCUT2D eigenvalue weighted by Gasteiger charge is -2.05. The molecule has 0 radical (unpaired) electrons. The summed E-state index contributed by atoms with van der Waals surface area (Å²) >= 11 is 9.84. The molecule has 2 aromatic rings. The minimum atomic E-state index is 0.538. The summed E-state index contributed by atoms with van der Waals surface area (Å²) in [6.07, 6.45) is 0. The number of benzene rings is 1. The molecule has 0 atom stereocenters. The lowest BCUT2D eigenvalue weighted by molar-refractivity contribution is 0.309. The molecule has 1 aromatic carbocycles. The van der Waals surface area contributed by atoms with Gasteiger partial charge in [0.1, 0.15) is 12.4 Å². The first-order valence-corrected chi connectivity index (χ1v) is 6.69. The Labute approximate surface area is 111 Å². The van der Waals surface area contributed by atoms with Gasteiger partial charge in [0, 0.05) is 3.57 Å². The second kappa shape index (κ2) is 5.18. The van der Waals surface area contributed by atoms with E-state index in [4.69, 9.17) is 16.3 Å². The van der Waals surface area contributed by atoms with Crippen LogP contribution in [0.25, 0.3) is 0 Å². The monoisotopic (exact) mass is 350 g/mol. The molecule has 0 N–H and O–H groups in total. The van der Waals surface area contributed by atoms with E-state index in [1.54, 1.807) is 11.3 Å². The third-order valence-electron chi connectivity index (χ3n) is 1.86. The van der Waals surface area contributed by atoms with Crippen molar-refractivity contribution in [1.29, 1.82) is 0 Å². The van der Waals surface area contributed by atoms with Crippen LogP contribution in [0.1, 0.15) is 4.88 Å². The number of hydrogen-bond acceptors (Lipinski definition) is 2. The zero-order valence-electron chi connectivity index (χ0n) is 7.74. The molecule has 0 spiro atoms. The summed E-state index contributed by atoms with van der Waals surface area (Å²) in [6, 6.07) is 9.85. The summed E-state index contributed by atoms with van der Waals surface area (Å²) in [4.78, 5) is 1.07. The third kappa shape index (κ3) is 3.09. The standard InChI is InChI=1S/C11H8ClIOS/c12-10-4-5-15-11(10)7-14-9-3-1-2-8(13)6-9/h1-6H,7H2. The Bertz CT molecular complexity index is 455. The summed E-state index contributed by atoms with van der Waals surface area (Å²) in [5, 5.41) is 2.75. The summed E-state index contributed by atoms with van der Waals surface area (Å²) < 4.78 is 6.80. The van der Waals surface area contributed by atoms with E-state index in [-0.39, 0.29) is 0 Å². The second-order valence-corrected chi connectivity index (χ2v) is 5.59. The molecule has 1 heterocycles. The SMILES string of the molecule is Clc1ccsc1COc1cccc(I)c1. The predicted molar refractivity (Wildman–Crippen MR) is 72.8 cm³/mol. The maximum Gasteiger partial charge on any atom is 0.124 e. The van der Waals surface area contributed by atoms with Gasteiger partial charge in [-0.25, -0.2) is 0 Å². The maximum absolute atomic E-state index is 5.97. The Morgan fingerprint density at radius 3 is 2.87 bits per heavy atom. The normalized spacial score (nSPS) is 10.3. The van der Waals surface area contributed by atoms with E-state index in [0.29, 0.717) is 6.61 Å². The van der Waals surface area contributed by atoms with E-state index >= 15 is 0 Å². The number of ether oxygens (including phenoxy) is 1. The molecule has 0 saturated carbocycles. The fraction of sp³-hybridized carbons (Fsp3) is 0.0909. The Kier molecular flexibility index (Phi) is 3.88. The van der Waals surface area contributed by atoms with Crippen molar-refractivity contribution in [3.05, 3.63) is 49.2 Å². The highest BCUT2D eigenvalue weighted by atomic mass is 127. The average molecular weight is 351 g/mol. The van der Waals surface area contributed by atoms with Gasteiger partial charge in [-0.1, -0.05) is 17.7 Å². The van der Waals surface area contributed by atoms with Crippen molar-refractivity contribution in [3.63, 3.8) is 0 Å². The van der Waals surface area contributed by atoms with Gasteiger partial charge >= 0.3 is 0 Å². The number of halogens is 2. The average Bonchev–Trinajstić information content (AvgIpc) is 2.61. The number of hydrogen-bond donors (Lipinski definition) is 0. The van der Waals surface area contributed by atoms with E-state index in [2.05, 4.69) is 22.6 Å². The maximum atomic E-state index is 5.97. The topological polar surface area (TPSA) is 9.23 Å². The highest BCUT2D eigenvalue weighted by molar-refractivity contribution is 14.1. The number of thiophene rings is 1.